The number of methoxy groups -OCH3 is 1. The topological polar surface area (TPSA) is 97.0 Å². The number of benzene rings is 1. The van der Waals surface area contributed by atoms with Gasteiger partial charge in [-0.05, 0) is 48.9 Å². The Bertz CT molecular complexity index is 1070. The van der Waals surface area contributed by atoms with Crippen LogP contribution in [0.15, 0.2) is 36.4 Å². The van der Waals surface area contributed by atoms with E-state index < -0.39 is 29.6 Å². The van der Waals surface area contributed by atoms with E-state index in [9.17, 15) is 14.4 Å². The van der Waals surface area contributed by atoms with Gasteiger partial charge in [-0.25, -0.2) is 0 Å². The van der Waals surface area contributed by atoms with Gasteiger partial charge in [-0.15, -0.1) is 0 Å². The van der Waals surface area contributed by atoms with Crippen molar-refractivity contribution in [1.29, 1.82) is 0 Å². The van der Waals surface area contributed by atoms with Crippen LogP contribution in [0.4, 0.5) is 5.69 Å². The summed E-state index contributed by atoms with van der Waals surface area (Å²) in [6, 6.07) is 6.38. The zero-order valence-corrected chi connectivity index (χ0v) is 22.2. The Kier molecular flexibility index (Phi) is 7.05. The number of hydrogen-bond donors (Lipinski definition) is 2. The molecule has 3 amide bonds. The highest BCUT2D eigenvalue weighted by Crippen LogP contribution is 2.55. The maximum Gasteiger partial charge on any atom is 0.246 e. The Hall–Kier alpha value is -2.87. The average molecular weight is 510 g/mol. The van der Waals surface area contributed by atoms with E-state index in [-0.39, 0.29) is 23.8 Å². The van der Waals surface area contributed by atoms with Crippen molar-refractivity contribution in [3.8, 4) is 5.75 Å². The summed E-state index contributed by atoms with van der Waals surface area (Å²) in [7, 11) is 1.59. The lowest BCUT2D eigenvalue weighted by atomic mass is 9.73. The molecule has 3 heterocycles. The van der Waals surface area contributed by atoms with Gasteiger partial charge in [0.25, 0.3) is 0 Å². The SMILES string of the molecule is CCCCN1C(=O)[C@@H]2C(C(=O)Nc3ccc(OC)cc3)[C@@H]3C=CC2(O3)C1C(=O)NC1CCCC(C)C1C. The minimum atomic E-state index is -1.12. The molecule has 6 unspecified atom stereocenters. The number of unbranched alkanes of at least 4 members (excludes halogenated alkanes) is 1. The van der Waals surface area contributed by atoms with Crippen LogP contribution in [-0.4, -0.2) is 60.1 Å². The molecule has 2 saturated heterocycles. The highest BCUT2D eigenvalue weighted by Gasteiger charge is 2.72. The number of nitrogens with zero attached hydrogens (tertiary/aromatic N) is 1. The van der Waals surface area contributed by atoms with Gasteiger partial charge < -0.3 is 25.0 Å². The molecule has 8 heteroatoms. The van der Waals surface area contributed by atoms with E-state index in [1.807, 2.05) is 12.2 Å². The molecular formula is C29H39N3O5. The third kappa shape index (κ3) is 4.33. The number of carbonyl (C=O) groups is 3. The molecule has 8 nitrogen and oxygen atoms in total. The number of hydrogen-bond acceptors (Lipinski definition) is 5. The second kappa shape index (κ2) is 10.1. The lowest BCUT2D eigenvalue weighted by Gasteiger charge is -2.38. The normalized spacial score (nSPS) is 35.9. The lowest BCUT2D eigenvalue weighted by molar-refractivity contribution is -0.141. The number of carbonyl (C=O) groups excluding carboxylic acids is 3. The standard InChI is InChI=1S/C29H39N3O5/c1-5-6-16-32-25(27(34)31-21-9-7-8-17(2)18(21)3)29-15-14-22(37-29)23(24(29)28(32)35)26(33)30-19-10-12-20(36-4)13-11-19/h10-15,17-18,21-25H,5-9,16H2,1-4H3,(H,30,33)(H,31,34)/t17?,18?,21?,22-,23?,24-,25?,29?/m0/s1. The van der Waals surface area contributed by atoms with Crippen LogP contribution in [0.1, 0.15) is 52.9 Å². The maximum atomic E-state index is 13.9. The molecule has 8 atom stereocenters. The summed E-state index contributed by atoms with van der Waals surface area (Å²) in [6.45, 7) is 6.96. The summed E-state index contributed by atoms with van der Waals surface area (Å²) in [6.07, 6.45) is 8.07. The van der Waals surface area contributed by atoms with Crippen molar-refractivity contribution in [2.75, 3.05) is 19.0 Å². The molecule has 4 aliphatic rings. The molecule has 1 saturated carbocycles. The lowest BCUT2D eigenvalue weighted by Crippen LogP contribution is -2.58. The van der Waals surface area contributed by atoms with Crippen LogP contribution in [0.2, 0.25) is 0 Å². The summed E-state index contributed by atoms with van der Waals surface area (Å²) in [5, 5.41) is 6.24. The molecule has 1 aromatic carbocycles. The highest BCUT2D eigenvalue weighted by molar-refractivity contribution is 6.02. The zero-order valence-electron chi connectivity index (χ0n) is 22.2. The van der Waals surface area contributed by atoms with E-state index in [2.05, 4.69) is 31.4 Å². The van der Waals surface area contributed by atoms with Crippen molar-refractivity contribution in [2.24, 2.45) is 23.7 Å². The summed E-state index contributed by atoms with van der Waals surface area (Å²) in [4.78, 5) is 43.0. The minimum absolute atomic E-state index is 0.0755. The second-order valence-corrected chi connectivity index (χ2v) is 11.2. The first-order valence-corrected chi connectivity index (χ1v) is 13.7. The molecule has 200 valence electrons. The van der Waals surface area contributed by atoms with Crippen LogP contribution in [0.25, 0.3) is 0 Å². The van der Waals surface area contributed by atoms with Crippen molar-refractivity contribution < 1.29 is 23.9 Å². The molecule has 0 aromatic heterocycles. The fourth-order valence-corrected chi connectivity index (χ4v) is 6.78. The number of anilines is 1. The predicted octanol–water partition coefficient (Wildman–Crippen LogP) is 3.53. The molecule has 1 aromatic rings. The van der Waals surface area contributed by atoms with E-state index in [1.54, 1.807) is 36.3 Å². The molecule has 3 aliphatic heterocycles. The Morgan fingerprint density at radius 3 is 2.62 bits per heavy atom. The quantitative estimate of drug-likeness (QED) is 0.523. The first kappa shape index (κ1) is 25.8. The molecular weight excluding hydrogens is 470 g/mol. The summed E-state index contributed by atoms with van der Waals surface area (Å²) in [5.74, 6) is -0.435. The van der Waals surface area contributed by atoms with Crippen molar-refractivity contribution in [3.63, 3.8) is 0 Å². The van der Waals surface area contributed by atoms with Crippen LogP contribution in [0.3, 0.4) is 0 Å². The van der Waals surface area contributed by atoms with Crippen LogP contribution in [0.5, 0.6) is 5.75 Å². The first-order chi connectivity index (χ1) is 17.8. The molecule has 2 bridgehead atoms. The number of ether oxygens (including phenoxy) is 2. The van der Waals surface area contributed by atoms with Crippen molar-refractivity contribution in [2.45, 2.75) is 76.7 Å². The molecule has 0 radical (unpaired) electrons. The van der Waals surface area contributed by atoms with Gasteiger partial charge in [0, 0.05) is 18.3 Å². The summed E-state index contributed by atoms with van der Waals surface area (Å²) in [5.41, 5.74) is -0.500. The van der Waals surface area contributed by atoms with Gasteiger partial charge in [0.15, 0.2) is 0 Å². The van der Waals surface area contributed by atoms with Gasteiger partial charge in [-0.2, -0.15) is 0 Å². The van der Waals surface area contributed by atoms with E-state index in [0.29, 0.717) is 29.8 Å². The molecule has 37 heavy (non-hydrogen) atoms. The number of fused-ring (bicyclic) bond motifs is 1. The number of likely N-dealkylation sites (tertiary alicyclic amines) is 1. The van der Waals surface area contributed by atoms with Crippen LogP contribution in [-0.2, 0) is 19.1 Å². The molecule has 1 spiro atoms. The smallest absolute Gasteiger partial charge is 0.246 e. The Labute approximate surface area is 219 Å². The van der Waals surface area contributed by atoms with Crippen LogP contribution < -0.4 is 15.4 Å². The van der Waals surface area contributed by atoms with Gasteiger partial charge in [-0.3, -0.25) is 14.4 Å². The van der Waals surface area contributed by atoms with Gasteiger partial charge >= 0.3 is 0 Å². The van der Waals surface area contributed by atoms with Gasteiger partial charge in [0.1, 0.15) is 17.4 Å². The van der Waals surface area contributed by atoms with E-state index in [1.165, 1.54) is 6.42 Å². The third-order valence-corrected chi connectivity index (χ3v) is 9.07. The number of amides is 3. The summed E-state index contributed by atoms with van der Waals surface area (Å²) < 4.78 is 11.6. The first-order valence-electron chi connectivity index (χ1n) is 13.7. The van der Waals surface area contributed by atoms with E-state index in [4.69, 9.17) is 9.47 Å². The Morgan fingerprint density at radius 2 is 1.92 bits per heavy atom. The maximum absolute atomic E-state index is 13.9. The average Bonchev–Trinajstić information content (AvgIpc) is 3.53. The summed E-state index contributed by atoms with van der Waals surface area (Å²) >= 11 is 0. The molecule has 5 rings (SSSR count). The fourth-order valence-electron chi connectivity index (χ4n) is 6.78. The Balaban J connectivity index is 1.41. The third-order valence-electron chi connectivity index (χ3n) is 9.07. The van der Waals surface area contributed by atoms with E-state index in [0.717, 1.165) is 25.7 Å². The molecule has 1 aliphatic carbocycles. The zero-order chi connectivity index (χ0) is 26.3. The van der Waals surface area contributed by atoms with Crippen molar-refractivity contribution >= 4 is 23.4 Å². The molecule has 3 fully saturated rings. The predicted molar refractivity (Wildman–Crippen MR) is 140 cm³/mol. The molecule has 2 N–H and O–H groups in total. The van der Waals surface area contributed by atoms with Gasteiger partial charge in [-0.1, -0.05) is 52.2 Å². The monoisotopic (exact) mass is 509 g/mol. The Morgan fingerprint density at radius 1 is 1.16 bits per heavy atom. The number of rotatable bonds is 8. The second-order valence-electron chi connectivity index (χ2n) is 11.2. The van der Waals surface area contributed by atoms with Gasteiger partial charge in [0.2, 0.25) is 17.7 Å². The fraction of sp³-hybridized carbons (Fsp3) is 0.621. The van der Waals surface area contributed by atoms with Crippen molar-refractivity contribution in [3.05, 3.63) is 36.4 Å². The number of nitrogens with one attached hydrogen (secondary N) is 2. The highest BCUT2D eigenvalue weighted by atomic mass is 16.5. The van der Waals surface area contributed by atoms with Gasteiger partial charge in [0.05, 0.1) is 25.0 Å². The van der Waals surface area contributed by atoms with Crippen molar-refractivity contribution in [1.82, 2.24) is 10.2 Å². The largest absolute Gasteiger partial charge is 0.497 e. The van der Waals surface area contributed by atoms with Crippen LogP contribution >= 0.6 is 0 Å². The van der Waals surface area contributed by atoms with Crippen LogP contribution in [0, 0.1) is 23.7 Å². The minimum Gasteiger partial charge on any atom is -0.497 e. The van der Waals surface area contributed by atoms with E-state index >= 15 is 0 Å².